The molecule has 0 bridgehead atoms. The maximum Gasteiger partial charge on any atom is 0.166 e. The van der Waals surface area contributed by atoms with Crippen LogP contribution in [0.3, 0.4) is 0 Å². The van der Waals surface area contributed by atoms with Crippen molar-refractivity contribution in [3.63, 3.8) is 0 Å². The van der Waals surface area contributed by atoms with E-state index in [1.54, 1.807) is 30.3 Å². The Balaban J connectivity index is 1.16. The zero-order valence-electron chi connectivity index (χ0n) is 26.9. The minimum atomic E-state index is -0.804. The van der Waals surface area contributed by atoms with Gasteiger partial charge in [-0.05, 0) is 122 Å². The third-order valence-corrected chi connectivity index (χ3v) is 10.7. The lowest BCUT2D eigenvalue weighted by Gasteiger charge is -2.38. The number of rotatable bonds is 12. The first kappa shape index (κ1) is 32.6. The van der Waals surface area contributed by atoms with Crippen molar-refractivity contribution in [2.45, 2.75) is 116 Å². The molecule has 0 saturated heterocycles. The van der Waals surface area contributed by atoms with Gasteiger partial charge in [-0.2, -0.15) is 0 Å². The second kappa shape index (κ2) is 16.0. The molecule has 236 valence electrons. The maximum atomic E-state index is 15.5. The van der Waals surface area contributed by atoms with Gasteiger partial charge in [0.2, 0.25) is 0 Å². The average Bonchev–Trinajstić information content (AvgIpc) is 3.06. The summed E-state index contributed by atoms with van der Waals surface area (Å²) in [6.07, 6.45) is 21.9. The fourth-order valence-corrected chi connectivity index (χ4v) is 8.00. The number of allylic oxidation sites excluding steroid dienone is 2. The van der Waals surface area contributed by atoms with Crippen molar-refractivity contribution < 1.29 is 13.2 Å². The molecule has 0 amide bonds. The average molecular weight is 601 g/mol. The quantitative estimate of drug-likeness (QED) is 0.143. The van der Waals surface area contributed by atoms with Gasteiger partial charge < -0.3 is 0 Å². The molecule has 3 aromatic rings. The highest BCUT2D eigenvalue weighted by atomic mass is 19.2. The van der Waals surface area contributed by atoms with E-state index in [-0.39, 0.29) is 11.4 Å². The van der Waals surface area contributed by atoms with E-state index in [1.165, 1.54) is 64.2 Å². The van der Waals surface area contributed by atoms with Gasteiger partial charge in [-0.1, -0.05) is 106 Å². The van der Waals surface area contributed by atoms with Gasteiger partial charge in [-0.15, -0.1) is 0 Å². The zero-order chi connectivity index (χ0) is 30.9. The van der Waals surface area contributed by atoms with Gasteiger partial charge in [-0.3, -0.25) is 0 Å². The highest BCUT2D eigenvalue weighted by Crippen LogP contribution is 2.45. The molecule has 0 radical (unpaired) electrons. The SMILES string of the molecule is C/C=C\CCCc1ccc(-c2ccc(-c3ccc(C4CCC(C5CCC(CCCCC)CC5)CC4)c(F)c3)cc2)c(F)c1F. The summed E-state index contributed by atoms with van der Waals surface area (Å²) >= 11 is 0. The minimum Gasteiger partial charge on any atom is -0.207 e. The fraction of sp³-hybridized carbons (Fsp3) is 0.512. The number of benzene rings is 3. The van der Waals surface area contributed by atoms with Crippen molar-refractivity contribution in [2.75, 3.05) is 0 Å². The molecule has 0 atom stereocenters. The van der Waals surface area contributed by atoms with Crippen LogP contribution in [0.25, 0.3) is 22.3 Å². The molecule has 0 aliphatic heterocycles. The molecule has 0 unspecified atom stereocenters. The second-order valence-corrected chi connectivity index (χ2v) is 13.6. The first-order valence-electron chi connectivity index (χ1n) is 17.5. The van der Waals surface area contributed by atoms with Gasteiger partial charge in [0.15, 0.2) is 11.6 Å². The molecule has 0 spiro atoms. The van der Waals surface area contributed by atoms with Gasteiger partial charge in [0.25, 0.3) is 0 Å². The van der Waals surface area contributed by atoms with Crippen molar-refractivity contribution in [2.24, 2.45) is 17.8 Å². The third kappa shape index (κ3) is 8.06. The Morgan fingerprint density at radius 3 is 2.00 bits per heavy atom. The summed E-state index contributed by atoms with van der Waals surface area (Å²) in [6.45, 7) is 4.24. The smallest absolute Gasteiger partial charge is 0.166 e. The van der Waals surface area contributed by atoms with Crippen LogP contribution in [-0.2, 0) is 6.42 Å². The van der Waals surface area contributed by atoms with E-state index in [4.69, 9.17) is 0 Å². The molecule has 0 nitrogen and oxygen atoms in total. The summed E-state index contributed by atoms with van der Waals surface area (Å²) in [5.74, 6) is 1.27. The third-order valence-electron chi connectivity index (χ3n) is 10.7. The highest BCUT2D eigenvalue weighted by molar-refractivity contribution is 5.71. The summed E-state index contributed by atoms with van der Waals surface area (Å²) < 4.78 is 45.2. The Morgan fingerprint density at radius 1 is 0.682 bits per heavy atom. The molecule has 3 heteroatoms. The number of halogens is 3. The summed E-state index contributed by atoms with van der Waals surface area (Å²) in [5, 5.41) is 0. The van der Waals surface area contributed by atoms with Gasteiger partial charge in [-0.25, -0.2) is 13.2 Å². The Labute approximate surface area is 264 Å². The van der Waals surface area contributed by atoms with Crippen molar-refractivity contribution in [1.82, 2.24) is 0 Å². The van der Waals surface area contributed by atoms with Gasteiger partial charge >= 0.3 is 0 Å². The Kier molecular flexibility index (Phi) is 11.8. The van der Waals surface area contributed by atoms with E-state index in [0.29, 0.717) is 23.5 Å². The molecule has 0 heterocycles. The second-order valence-electron chi connectivity index (χ2n) is 13.6. The fourth-order valence-electron chi connectivity index (χ4n) is 8.00. The summed E-state index contributed by atoms with van der Waals surface area (Å²) in [6, 6.07) is 16.3. The molecular formula is C41H51F3. The van der Waals surface area contributed by atoms with E-state index in [0.717, 1.165) is 60.1 Å². The summed E-state index contributed by atoms with van der Waals surface area (Å²) in [7, 11) is 0. The molecule has 2 aliphatic rings. The van der Waals surface area contributed by atoms with E-state index in [2.05, 4.69) is 6.92 Å². The molecule has 44 heavy (non-hydrogen) atoms. The highest BCUT2D eigenvalue weighted by Gasteiger charge is 2.32. The number of hydrogen-bond donors (Lipinski definition) is 0. The molecule has 2 aliphatic carbocycles. The van der Waals surface area contributed by atoms with Crippen LogP contribution in [-0.4, -0.2) is 0 Å². The molecule has 2 saturated carbocycles. The van der Waals surface area contributed by atoms with Gasteiger partial charge in [0.1, 0.15) is 5.82 Å². The van der Waals surface area contributed by atoms with E-state index in [1.807, 2.05) is 43.3 Å². The van der Waals surface area contributed by atoms with E-state index >= 15 is 4.39 Å². The standard InChI is InChI=1S/C41H51F3/c1-3-5-7-9-11-35-24-27-38(41(44)40(35)43)34-22-18-32(19-23-34)36-25-26-37(39(42)28-36)33-20-16-31(17-21-33)30-14-12-29(13-15-30)10-8-6-4-2/h3,5,18-19,22-31,33H,4,6-17,20-21H2,1-2H3/b5-3-. The minimum absolute atomic E-state index is 0.124. The van der Waals surface area contributed by atoms with Crippen LogP contribution in [0.4, 0.5) is 13.2 Å². The normalized spacial score (nSPS) is 22.5. The van der Waals surface area contributed by atoms with Crippen LogP contribution >= 0.6 is 0 Å². The van der Waals surface area contributed by atoms with Crippen molar-refractivity contribution >= 4 is 0 Å². The predicted molar refractivity (Wildman–Crippen MR) is 179 cm³/mol. The van der Waals surface area contributed by atoms with E-state index in [9.17, 15) is 8.78 Å². The molecule has 2 fully saturated rings. The molecule has 0 N–H and O–H groups in total. The maximum absolute atomic E-state index is 15.5. The number of hydrogen-bond acceptors (Lipinski definition) is 0. The van der Waals surface area contributed by atoms with Crippen LogP contribution in [0.1, 0.15) is 121 Å². The summed E-state index contributed by atoms with van der Waals surface area (Å²) in [4.78, 5) is 0. The monoisotopic (exact) mass is 600 g/mol. The van der Waals surface area contributed by atoms with E-state index < -0.39 is 11.6 Å². The number of unbranched alkanes of at least 4 members (excludes halogenated alkanes) is 3. The molecule has 0 aromatic heterocycles. The lowest BCUT2D eigenvalue weighted by Crippen LogP contribution is -2.25. The van der Waals surface area contributed by atoms with Crippen LogP contribution in [0.5, 0.6) is 0 Å². The first-order chi connectivity index (χ1) is 21.5. The lowest BCUT2D eigenvalue weighted by atomic mass is 9.68. The van der Waals surface area contributed by atoms with Crippen molar-refractivity contribution in [3.05, 3.63) is 95.3 Å². The van der Waals surface area contributed by atoms with Crippen molar-refractivity contribution in [1.29, 1.82) is 0 Å². The summed E-state index contributed by atoms with van der Waals surface area (Å²) in [5.41, 5.74) is 3.82. The Bertz CT molecular complexity index is 1360. The topological polar surface area (TPSA) is 0 Å². The van der Waals surface area contributed by atoms with Crippen LogP contribution in [0, 0.1) is 35.2 Å². The predicted octanol–water partition coefficient (Wildman–Crippen LogP) is 13.0. The Hall–Kier alpha value is -2.81. The largest absolute Gasteiger partial charge is 0.207 e. The zero-order valence-corrected chi connectivity index (χ0v) is 26.9. The molecular weight excluding hydrogens is 549 g/mol. The van der Waals surface area contributed by atoms with Crippen LogP contribution in [0.2, 0.25) is 0 Å². The lowest BCUT2D eigenvalue weighted by molar-refractivity contribution is 0.155. The van der Waals surface area contributed by atoms with Crippen molar-refractivity contribution in [3.8, 4) is 22.3 Å². The number of aryl methyl sites for hydroxylation is 1. The van der Waals surface area contributed by atoms with Gasteiger partial charge in [0.05, 0.1) is 0 Å². The molecule has 3 aromatic carbocycles. The van der Waals surface area contributed by atoms with Crippen LogP contribution < -0.4 is 0 Å². The Morgan fingerprint density at radius 2 is 1.34 bits per heavy atom. The van der Waals surface area contributed by atoms with Crippen LogP contribution in [0.15, 0.2) is 66.7 Å². The van der Waals surface area contributed by atoms with Gasteiger partial charge in [0, 0.05) is 5.56 Å². The molecule has 5 rings (SSSR count). The first-order valence-corrected chi connectivity index (χ1v) is 17.5.